The van der Waals surface area contributed by atoms with E-state index in [1.54, 1.807) is 14.2 Å². The SMILES string of the molecule is C1=CCC1.C1CNC1.CO[SiH2]OC. The Morgan fingerprint density at radius 2 is 1.38 bits per heavy atom. The Bertz CT molecular complexity index is 104. The lowest BCUT2D eigenvalue weighted by Gasteiger charge is -2.09. The molecule has 0 bridgehead atoms. The summed E-state index contributed by atoms with van der Waals surface area (Å²) >= 11 is 0. The number of nitrogens with one attached hydrogen (secondary N) is 1. The second-order valence-corrected chi connectivity index (χ2v) is 4.24. The van der Waals surface area contributed by atoms with E-state index in [0.29, 0.717) is 0 Å². The number of rotatable bonds is 2. The van der Waals surface area contributed by atoms with Crippen molar-refractivity contribution in [1.82, 2.24) is 5.32 Å². The van der Waals surface area contributed by atoms with Crippen LogP contribution in [-0.4, -0.2) is 37.3 Å². The predicted molar refractivity (Wildman–Crippen MR) is 58.4 cm³/mol. The normalized spacial score (nSPS) is 16.8. The second kappa shape index (κ2) is 11.8. The van der Waals surface area contributed by atoms with Crippen molar-refractivity contribution in [2.75, 3.05) is 27.3 Å². The molecular formula is C9H21NO2Si. The predicted octanol–water partition coefficient (Wildman–Crippen LogP) is 0.594. The van der Waals surface area contributed by atoms with Gasteiger partial charge in [-0.25, -0.2) is 0 Å². The first-order valence-corrected chi connectivity index (χ1v) is 5.91. The van der Waals surface area contributed by atoms with Gasteiger partial charge in [0.05, 0.1) is 0 Å². The summed E-state index contributed by atoms with van der Waals surface area (Å²) in [7, 11) is 2.73. The molecule has 0 saturated carbocycles. The lowest BCUT2D eigenvalue weighted by atomic mass is 10.1. The second-order valence-electron chi connectivity index (χ2n) is 2.85. The van der Waals surface area contributed by atoms with Crippen LogP contribution in [0.25, 0.3) is 0 Å². The average Bonchev–Trinajstić information content (AvgIpc) is 1.80. The zero-order valence-corrected chi connectivity index (χ0v) is 10.1. The van der Waals surface area contributed by atoms with E-state index < -0.39 is 10.0 Å². The zero-order chi connectivity index (χ0) is 9.78. The first kappa shape index (κ1) is 12.8. The molecule has 0 atom stereocenters. The number of hydrogen-bond acceptors (Lipinski definition) is 3. The molecule has 0 aromatic heterocycles. The van der Waals surface area contributed by atoms with E-state index in [0.717, 1.165) is 0 Å². The van der Waals surface area contributed by atoms with Gasteiger partial charge in [-0.15, -0.1) is 0 Å². The lowest BCUT2D eigenvalue weighted by Crippen LogP contribution is -2.29. The van der Waals surface area contributed by atoms with Crippen molar-refractivity contribution < 1.29 is 8.85 Å². The summed E-state index contributed by atoms with van der Waals surface area (Å²) in [6.45, 7) is 2.50. The third kappa shape index (κ3) is 11.8. The fourth-order valence-electron chi connectivity index (χ4n) is 0.461. The fraction of sp³-hybridized carbons (Fsp3) is 0.778. The van der Waals surface area contributed by atoms with Crippen molar-refractivity contribution >= 4 is 10.0 Å². The average molecular weight is 203 g/mol. The summed E-state index contributed by atoms with van der Waals surface area (Å²) in [5, 5.41) is 3.11. The van der Waals surface area contributed by atoms with Gasteiger partial charge in [0.25, 0.3) is 0 Å². The quantitative estimate of drug-likeness (QED) is 0.526. The molecule has 1 saturated heterocycles. The van der Waals surface area contributed by atoms with Crippen molar-refractivity contribution in [2.45, 2.75) is 19.3 Å². The molecule has 0 unspecified atom stereocenters. The first-order valence-electron chi connectivity index (χ1n) is 4.75. The summed E-state index contributed by atoms with van der Waals surface area (Å²) in [6, 6.07) is 0. The van der Waals surface area contributed by atoms with Crippen LogP contribution >= 0.6 is 0 Å². The number of allylic oxidation sites excluding steroid dienone is 2. The Labute approximate surface area is 83.6 Å². The monoisotopic (exact) mass is 203 g/mol. The molecule has 1 fully saturated rings. The molecule has 4 heteroatoms. The topological polar surface area (TPSA) is 30.5 Å². The third-order valence-corrected chi connectivity index (χ3v) is 2.08. The minimum Gasteiger partial charge on any atom is -0.402 e. The molecule has 0 amide bonds. The van der Waals surface area contributed by atoms with Crippen LogP contribution < -0.4 is 5.32 Å². The van der Waals surface area contributed by atoms with Crippen LogP contribution in [0.1, 0.15) is 19.3 Å². The molecule has 0 aromatic rings. The van der Waals surface area contributed by atoms with Crippen molar-refractivity contribution in [3.63, 3.8) is 0 Å². The van der Waals surface area contributed by atoms with Crippen molar-refractivity contribution in [3.05, 3.63) is 12.2 Å². The molecule has 2 aliphatic rings. The first-order chi connectivity index (χ1) is 6.41. The molecule has 2 rings (SSSR count). The highest BCUT2D eigenvalue weighted by atomic mass is 28.3. The van der Waals surface area contributed by atoms with E-state index >= 15 is 0 Å². The summed E-state index contributed by atoms with van der Waals surface area (Å²) in [5.41, 5.74) is 0. The summed E-state index contributed by atoms with van der Waals surface area (Å²) in [4.78, 5) is 0. The van der Waals surface area contributed by atoms with E-state index in [2.05, 4.69) is 26.3 Å². The van der Waals surface area contributed by atoms with E-state index in [-0.39, 0.29) is 0 Å². The molecule has 0 radical (unpaired) electrons. The molecule has 13 heavy (non-hydrogen) atoms. The smallest absolute Gasteiger partial charge is 0.303 e. The third-order valence-electron chi connectivity index (χ3n) is 1.61. The Balaban J connectivity index is 0.000000167. The van der Waals surface area contributed by atoms with Gasteiger partial charge in [0.2, 0.25) is 0 Å². The van der Waals surface area contributed by atoms with Crippen LogP contribution in [0.4, 0.5) is 0 Å². The van der Waals surface area contributed by atoms with Gasteiger partial charge in [0.15, 0.2) is 0 Å². The van der Waals surface area contributed by atoms with Gasteiger partial charge in [-0.1, -0.05) is 12.2 Å². The van der Waals surface area contributed by atoms with Gasteiger partial charge in [-0.05, 0) is 32.4 Å². The highest BCUT2D eigenvalue weighted by molar-refractivity contribution is 6.17. The maximum Gasteiger partial charge on any atom is 0.303 e. The minimum atomic E-state index is -0.568. The lowest BCUT2D eigenvalue weighted by molar-refractivity contribution is 0.309. The molecule has 78 valence electrons. The maximum absolute atomic E-state index is 4.61. The van der Waals surface area contributed by atoms with Crippen LogP contribution in [0.5, 0.6) is 0 Å². The van der Waals surface area contributed by atoms with Crippen LogP contribution in [0.3, 0.4) is 0 Å². The summed E-state index contributed by atoms with van der Waals surface area (Å²) < 4.78 is 9.22. The Morgan fingerprint density at radius 1 is 1.08 bits per heavy atom. The zero-order valence-electron chi connectivity index (χ0n) is 8.71. The summed E-state index contributed by atoms with van der Waals surface area (Å²) in [6.07, 6.45) is 8.39. The van der Waals surface area contributed by atoms with Crippen molar-refractivity contribution in [2.24, 2.45) is 0 Å². The van der Waals surface area contributed by atoms with Gasteiger partial charge < -0.3 is 14.2 Å². The highest BCUT2D eigenvalue weighted by Crippen LogP contribution is 2.01. The Morgan fingerprint density at radius 3 is 1.38 bits per heavy atom. The molecule has 1 N–H and O–H groups in total. The highest BCUT2D eigenvalue weighted by Gasteiger charge is 1.92. The van der Waals surface area contributed by atoms with Crippen molar-refractivity contribution in [3.8, 4) is 0 Å². The van der Waals surface area contributed by atoms with Gasteiger partial charge in [-0.2, -0.15) is 0 Å². The Kier molecular flexibility index (Phi) is 11.7. The van der Waals surface area contributed by atoms with Gasteiger partial charge in [0.1, 0.15) is 0 Å². The molecule has 0 aromatic carbocycles. The van der Waals surface area contributed by atoms with Crippen molar-refractivity contribution in [1.29, 1.82) is 0 Å². The molecule has 0 spiro atoms. The summed E-state index contributed by atoms with van der Waals surface area (Å²) in [5.74, 6) is 0. The van der Waals surface area contributed by atoms with Crippen LogP contribution in [-0.2, 0) is 8.85 Å². The molecule has 3 nitrogen and oxygen atoms in total. The van der Waals surface area contributed by atoms with Gasteiger partial charge in [-0.3, -0.25) is 0 Å². The van der Waals surface area contributed by atoms with E-state index in [1.165, 1.54) is 32.4 Å². The minimum absolute atomic E-state index is 0.568. The number of hydrogen-bond donors (Lipinski definition) is 1. The van der Waals surface area contributed by atoms with E-state index in [1.807, 2.05) is 0 Å². The standard InChI is InChI=1S/C4H6.C3H7N.C2H8O2Si/c2*1-2-4-3-1;1-3-5-4-2/h1-2H,3-4H2;4H,1-3H2;5H2,1-2H3. The molecular weight excluding hydrogens is 182 g/mol. The van der Waals surface area contributed by atoms with Crippen LogP contribution in [0, 0.1) is 0 Å². The maximum atomic E-state index is 4.61. The van der Waals surface area contributed by atoms with Crippen LogP contribution in [0.2, 0.25) is 0 Å². The Hall–Kier alpha value is -0.163. The largest absolute Gasteiger partial charge is 0.402 e. The molecule has 1 heterocycles. The van der Waals surface area contributed by atoms with Gasteiger partial charge >= 0.3 is 10.0 Å². The van der Waals surface area contributed by atoms with E-state index in [4.69, 9.17) is 0 Å². The molecule has 1 aliphatic carbocycles. The fourth-order valence-corrected chi connectivity index (χ4v) is 0.697. The molecule has 1 aliphatic heterocycles. The van der Waals surface area contributed by atoms with E-state index in [9.17, 15) is 0 Å². The van der Waals surface area contributed by atoms with Gasteiger partial charge in [0, 0.05) is 14.2 Å². The van der Waals surface area contributed by atoms with Crippen LogP contribution in [0.15, 0.2) is 12.2 Å².